The molecule has 0 heterocycles. The summed E-state index contributed by atoms with van der Waals surface area (Å²) in [6.45, 7) is 5.61. The normalized spacial score (nSPS) is 30.4. The summed E-state index contributed by atoms with van der Waals surface area (Å²) in [5, 5.41) is 12.3. The van der Waals surface area contributed by atoms with E-state index in [0.29, 0.717) is 44.9 Å². The van der Waals surface area contributed by atoms with Crippen molar-refractivity contribution in [3.8, 4) is 0 Å². The molecule has 0 bridgehead atoms. The fraction of sp³-hybridized carbons (Fsp3) is 0.694. The Labute approximate surface area is 278 Å². The van der Waals surface area contributed by atoms with Crippen molar-refractivity contribution < 1.29 is 33.4 Å². The standard InChI is InChI=1S/C36H52N4O7/c1-36(2,3)47-35(45)40-29-19-9-15-25(29)33(43)38-27-17-7-13-23(27)31(41)37-28-18-8-14-24(28)32(42)39-30-20-10-16-26(30)34(44)46-21-22-11-5-4-6-12-22/h4-6,11-12,23-30H,7-10,13-21H2,1-3H3,(H,37,41)(H,38,43)(H,39,42)(H,40,45)/t23-,24-,25-,26-,27-,28-,29-,30-/m1/s1. The van der Waals surface area contributed by atoms with Gasteiger partial charge in [0, 0.05) is 24.2 Å². The Bertz CT molecular complexity index is 1280. The molecule has 258 valence electrons. The molecule has 1 aromatic carbocycles. The number of ether oxygens (including phenoxy) is 2. The SMILES string of the molecule is CC(C)(C)OC(=O)N[C@@H]1CCC[C@H]1C(=O)N[C@@H]1CCC[C@H]1C(=O)N[C@@H]1CCC[C@H]1C(=O)N[C@@H]1CCC[C@H]1C(=O)OCc1ccccc1. The van der Waals surface area contributed by atoms with Crippen molar-refractivity contribution in [2.24, 2.45) is 23.7 Å². The lowest BCUT2D eigenvalue weighted by Gasteiger charge is -2.28. The molecule has 0 unspecified atom stereocenters. The Morgan fingerprint density at radius 2 is 1.00 bits per heavy atom. The molecular formula is C36H52N4O7. The molecule has 0 spiro atoms. The second-order valence-electron chi connectivity index (χ2n) is 14.8. The summed E-state index contributed by atoms with van der Waals surface area (Å²) < 4.78 is 11.0. The number of nitrogens with one attached hydrogen (secondary N) is 4. The quantitative estimate of drug-likeness (QED) is 0.276. The summed E-state index contributed by atoms with van der Waals surface area (Å²) in [4.78, 5) is 65.7. The van der Waals surface area contributed by atoms with Gasteiger partial charge in [0.1, 0.15) is 12.2 Å². The predicted octanol–water partition coefficient (Wildman–Crippen LogP) is 4.28. The van der Waals surface area contributed by atoms with Crippen LogP contribution in [0.25, 0.3) is 0 Å². The zero-order valence-electron chi connectivity index (χ0n) is 28.1. The maximum atomic E-state index is 13.6. The molecule has 4 aliphatic rings. The van der Waals surface area contributed by atoms with E-state index in [2.05, 4.69) is 21.3 Å². The first-order valence-corrected chi connectivity index (χ1v) is 17.6. The zero-order valence-corrected chi connectivity index (χ0v) is 28.1. The van der Waals surface area contributed by atoms with Crippen LogP contribution in [0, 0.1) is 23.7 Å². The van der Waals surface area contributed by atoms with E-state index >= 15 is 0 Å². The molecule has 0 radical (unpaired) electrons. The fourth-order valence-corrected chi connectivity index (χ4v) is 7.92. The molecule has 11 heteroatoms. The molecule has 1 aromatic rings. The summed E-state index contributed by atoms with van der Waals surface area (Å²) in [5.41, 5.74) is 0.297. The minimum absolute atomic E-state index is 0.124. The monoisotopic (exact) mass is 652 g/mol. The van der Waals surface area contributed by atoms with Crippen LogP contribution in [0.5, 0.6) is 0 Å². The van der Waals surface area contributed by atoms with Gasteiger partial charge < -0.3 is 30.7 Å². The fourth-order valence-electron chi connectivity index (χ4n) is 7.92. The second-order valence-corrected chi connectivity index (χ2v) is 14.8. The number of amides is 4. The number of esters is 1. The van der Waals surface area contributed by atoms with Crippen molar-refractivity contribution in [3.63, 3.8) is 0 Å². The third kappa shape index (κ3) is 9.26. The first kappa shape index (κ1) is 34.7. The summed E-state index contributed by atoms with van der Waals surface area (Å²) >= 11 is 0. The van der Waals surface area contributed by atoms with Crippen LogP contribution in [0.1, 0.15) is 103 Å². The lowest BCUT2D eigenvalue weighted by Crippen LogP contribution is -2.52. The lowest BCUT2D eigenvalue weighted by atomic mass is 9.96. The number of hydrogen-bond donors (Lipinski definition) is 4. The van der Waals surface area contributed by atoms with Crippen LogP contribution in [0.4, 0.5) is 4.79 Å². The number of carbonyl (C=O) groups is 5. The van der Waals surface area contributed by atoms with Crippen LogP contribution in [0.15, 0.2) is 30.3 Å². The minimum Gasteiger partial charge on any atom is -0.461 e. The molecule has 5 rings (SSSR count). The van der Waals surface area contributed by atoms with E-state index in [1.807, 2.05) is 30.3 Å². The molecular weight excluding hydrogens is 600 g/mol. The van der Waals surface area contributed by atoms with Crippen molar-refractivity contribution in [1.29, 1.82) is 0 Å². The molecule has 11 nitrogen and oxygen atoms in total. The Morgan fingerprint density at radius 1 is 0.596 bits per heavy atom. The topological polar surface area (TPSA) is 152 Å². The van der Waals surface area contributed by atoms with Gasteiger partial charge in [0.15, 0.2) is 0 Å². The summed E-state index contributed by atoms with van der Waals surface area (Å²) in [7, 11) is 0. The Hall–Kier alpha value is -3.63. The first-order chi connectivity index (χ1) is 22.5. The van der Waals surface area contributed by atoms with Gasteiger partial charge in [-0.3, -0.25) is 19.2 Å². The molecule has 4 amide bonds. The highest BCUT2D eigenvalue weighted by Gasteiger charge is 2.43. The highest BCUT2D eigenvalue weighted by atomic mass is 16.6. The van der Waals surface area contributed by atoms with Crippen LogP contribution in [0.3, 0.4) is 0 Å². The molecule has 4 saturated carbocycles. The van der Waals surface area contributed by atoms with Gasteiger partial charge in [-0.05, 0) is 77.7 Å². The Kier molecular flexibility index (Phi) is 11.5. The highest BCUT2D eigenvalue weighted by molar-refractivity contribution is 5.86. The summed E-state index contributed by atoms with van der Waals surface area (Å²) in [6.07, 6.45) is 8.32. The Morgan fingerprint density at radius 3 is 1.45 bits per heavy atom. The van der Waals surface area contributed by atoms with Crippen LogP contribution < -0.4 is 21.3 Å². The van der Waals surface area contributed by atoms with E-state index in [0.717, 1.165) is 37.7 Å². The number of carbonyl (C=O) groups excluding carboxylic acids is 5. The molecule has 47 heavy (non-hydrogen) atoms. The van der Waals surface area contributed by atoms with Crippen LogP contribution in [-0.4, -0.2) is 59.6 Å². The predicted molar refractivity (Wildman–Crippen MR) is 175 cm³/mol. The first-order valence-electron chi connectivity index (χ1n) is 17.6. The number of rotatable bonds is 10. The van der Waals surface area contributed by atoms with E-state index in [9.17, 15) is 24.0 Å². The summed E-state index contributed by atoms with van der Waals surface area (Å²) in [5.74, 6) is -2.17. The van der Waals surface area contributed by atoms with E-state index < -0.39 is 11.7 Å². The van der Waals surface area contributed by atoms with Crippen molar-refractivity contribution in [1.82, 2.24) is 21.3 Å². The van der Waals surface area contributed by atoms with Crippen LogP contribution >= 0.6 is 0 Å². The Balaban J connectivity index is 1.11. The number of alkyl carbamates (subject to hydrolysis) is 1. The van der Waals surface area contributed by atoms with Crippen molar-refractivity contribution in [3.05, 3.63) is 35.9 Å². The highest BCUT2D eigenvalue weighted by Crippen LogP contribution is 2.33. The molecule has 8 atom stereocenters. The average molecular weight is 653 g/mol. The van der Waals surface area contributed by atoms with Gasteiger partial charge in [0.25, 0.3) is 0 Å². The van der Waals surface area contributed by atoms with Gasteiger partial charge in [0.05, 0.1) is 23.7 Å². The summed E-state index contributed by atoms with van der Waals surface area (Å²) in [6, 6.07) is 8.38. The zero-order chi connectivity index (χ0) is 33.6. The molecule has 0 aromatic heterocycles. The van der Waals surface area contributed by atoms with Crippen molar-refractivity contribution in [2.45, 2.75) is 134 Å². The minimum atomic E-state index is -0.626. The maximum absolute atomic E-state index is 13.6. The third-order valence-corrected chi connectivity index (χ3v) is 10.3. The molecule has 0 aliphatic heterocycles. The van der Waals surface area contributed by atoms with Gasteiger partial charge in [-0.1, -0.05) is 56.0 Å². The van der Waals surface area contributed by atoms with E-state index in [1.54, 1.807) is 20.8 Å². The second kappa shape index (κ2) is 15.5. The van der Waals surface area contributed by atoms with Crippen molar-refractivity contribution >= 4 is 29.8 Å². The van der Waals surface area contributed by atoms with Gasteiger partial charge >= 0.3 is 12.1 Å². The van der Waals surface area contributed by atoms with Crippen LogP contribution in [0.2, 0.25) is 0 Å². The number of benzene rings is 1. The van der Waals surface area contributed by atoms with Gasteiger partial charge in [0.2, 0.25) is 17.7 Å². The van der Waals surface area contributed by atoms with Crippen LogP contribution in [-0.2, 0) is 35.3 Å². The van der Waals surface area contributed by atoms with Gasteiger partial charge in [-0.15, -0.1) is 0 Å². The third-order valence-electron chi connectivity index (χ3n) is 10.3. The van der Waals surface area contributed by atoms with Gasteiger partial charge in [-0.2, -0.15) is 0 Å². The lowest BCUT2D eigenvalue weighted by molar-refractivity contribution is -0.150. The van der Waals surface area contributed by atoms with E-state index in [-0.39, 0.29) is 78.1 Å². The molecule has 4 aliphatic carbocycles. The largest absolute Gasteiger partial charge is 0.461 e. The van der Waals surface area contributed by atoms with Gasteiger partial charge in [-0.25, -0.2) is 4.79 Å². The maximum Gasteiger partial charge on any atom is 0.407 e. The molecule has 0 saturated heterocycles. The van der Waals surface area contributed by atoms with E-state index in [4.69, 9.17) is 9.47 Å². The van der Waals surface area contributed by atoms with E-state index in [1.165, 1.54) is 0 Å². The number of hydrogen-bond acceptors (Lipinski definition) is 7. The smallest absolute Gasteiger partial charge is 0.407 e. The van der Waals surface area contributed by atoms with Crippen molar-refractivity contribution in [2.75, 3.05) is 0 Å². The molecule has 4 N–H and O–H groups in total. The molecule has 4 fully saturated rings. The average Bonchev–Trinajstić information content (AvgIpc) is 3.83.